The van der Waals surface area contributed by atoms with E-state index in [1.807, 2.05) is 25.1 Å². The standard InChI is InChI=1S/C9H10ClNOS/c1-2-11-9(12)13-8-6-4-3-5-7(8)10/h3-6H,2H2,1H3,(H,11,12). The molecule has 1 rings (SSSR count). The predicted octanol–water partition coefficient (Wildman–Crippen LogP) is 3.16. The Balaban J connectivity index is 2.63. The maximum Gasteiger partial charge on any atom is 0.283 e. The van der Waals surface area contributed by atoms with Crippen LogP contribution in [0.2, 0.25) is 5.02 Å². The second kappa shape index (κ2) is 5.14. The molecule has 0 saturated heterocycles. The molecule has 1 amide bonds. The Labute approximate surface area is 86.7 Å². The third-order valence-corrected chi connectivity index (χ3v) is 2.71. The van der Waals surface area contributed by atoms with Gasteiger partial charge in [-0.15, -0.1) is 0 Å². The van der Waals surface area contributed by atoms with Gasteiger partial charge in [-0.2, -0.15) is 0 Å². The van der Waals surface area contributed by atoms with E-state index < -0.39 is 0 Å². The number of benzene rings is 1. The van der Waals surface area contributed by atoms with Gasteiger partial charge in [0.25, 0.3) is 5.24 Å². The second-order valence-corrected chi connectivity index (χ2v) is 3.77. The average molecular weight is 216 g/mol. The minimum absolute atomic E-state index is 0.0735. The van der Waals surface area contributed by atoms with Gasteiger partial charge in [0.1, 0.15) is 0 Å². The first-order chi connectivity index (χ1) is 6.24. The molecule has 0 aromatic heterocycles. The fourth-order valence-corrected chi connectivity index (χ4v) is 1.79. The summed E-state index contributed by atoms with van der Waals surface area (Å²) in [6, 6.07) is 7.28. The molecule has 0 bridgehead atoms. The molecule has 0 aliphatic carbocycles. The first kappa shape index (κ1) is 10.4. The summed E-state index contributed by atoms with van der Waals surface area (Å²) in [6.45, 7) is 2.52. The van der Waals surface area contributed by atoms with Crippen molar-refractivity contribution in [3.05, 3.63) is 29.3 Å². The van der Waals surface area contributed by atoms with Gasteiger partial charge in [-0.1, -0.05) is 23.7 Å². The van der Waals surface area contributed by atoms with E-state index in [0.29, 0.717) is 11.6 Å². The maximum atomic E-state index is 11.2. The molecule has 1 aromatic rings. The molecule has 0 radical (unpaired) electrons. The van der Waals surface area contributed by atoms with Crippen LogP contribution in [-0.2, 0) is 0 Å². The van der Waals surface area contributed by atoms with Crippen LogP contribution >= 0.6 is 23.4 Å². The van der Waals surface area contributed by atoms with Crippen molar-refractivity contribution in [3.8, 4) is 0 Å². The maximum absolute atomic E-state index is 11.2. The molecule has 0 aliphatic rings. The Morgan fingerprint density at radius 3 is 2.85 bits per heavy atom. The van der Waals surface area contributed by atoms with Crippen LogP contribution < -0.4 is 5.32 Å². The van der Waals surface area contributed by atoms with E-state index in [1.54, 1.807) is 6.07 Å². The lowest BCUT2D eigenvalue weighted by Gasteiger charge is -2.02. The van der Waals surface area contributed by atoms with Gasteiger partial charge < -0.3 is 5.32 Å². The fraction of sp³-hybridized carbons (Fsp3) is 0.222. The summed E-state index contributed by atoms with van der Waals surface area (Å²) in [5.41, 5.74) is 0. The number of hydrogen-bond donors (Lipinski definition) is 1. The minimum atomic E-state index is -0.0735. The van der Waals surface area contributed by atoms with Crippen molar-refractivity contribution in [2.45, 2.75) is 11.8 Å². The molecule has 4 heteroatoms. The van der Waals surface area contributed by atoms with Crippen molar-refractivity contribution >= 4 is 28.6 Å². The monoisotopic (exact) mass is 215 g/mol. The van der Waals surface area contributed by atoms with Crippen LogP contribution in [0.1, 0.15) is 6.92 Å². The molecule has 0 heterocycles. The van der Waals surface area contributed by atoms with Gasteiger partial charge >= 0.3 is 0 Å². The zero-order valence-electron chi connectivity index (χ0n) is 7.21. The molecule has 13 heavy (non-hydrogen) atoms. The van der Waals surface area contributed by atoms with Gasteiger partial charge in [-0.25, -0.2) is 0 Å². The van der Waals surface area contributed by atoms with Crippen LogP contribution in [0.4, 0.5) is 4.79 Å². The Morgan fingerprint density at radius 1 is 1.54 bits per heavy atom. The van der Waals surface area contributed by atoms with E-state index in [0.717, 1.165) is 16.7 Å². The number of hydrogen-bond acceptors (Lipinski definition) is 2. The molecule has 0 spiro atoms. The van der Waals surface area contributed by atoms with E-state index >= 15 is 0 Å². The van der Waals surface area contributed by atoms with E-state index in [1.165, 1.54) is 0 Å². The van der Waals surface area contributed by atoms with Crippen LogP contribution in [0.25, 0.3) is 0 Å². The molecule has 1 N–H and O–H groups in total. The van der Waals surface area contributed by atoms with E-state index in [-0.39, 0.29) is 5.24 Å². The molecule has 0 unspecified atom stereocenters. The highest BCUT2D eigenvalue weighted by Crippen LogP contribution is 2.26. The summed E-state index contributed by atoms with van der Waals surface area (Å²) in [6.07, 6.45) is 0. The van der Waals surface area contributed by atoms with Crippen LogP contribution in [0.15, 0.2) is 29.2 Å². The summed E-state index contributed by atoms with van der Waals surface area (Å²) < 4.78 is 0. The van der Waals surface area contributed by atoms with Crippen molar-refractivity contribution < 1.29 is 4.79 Å². The summed E-state index contributed by atoms with van der Waals surface area (Å²) in [5, 5.41) is 3.22. The quantitative estimate of drug-likeness (QED) is 0.768. The van der Waals surface area contributed by atoms with Crippen molar-refractivity contribution in [2.75, 3.05) is 6.54 Å². The smallest absolute Gasteiger partial charge is 0.283 e. The van der Waals surface area contributed by atoms with Gasteiger partial charge in [0.15, 0.2) is 0 Å². The topological polar surface area (TPSA) is 29.1 Å². The summed E-state index contributed by atoms with van der Waals surface area (Å²) in [7, 11) is 0. The van der Waals surface area contributed by atoms with Crippen LogP contribution in [0.5, 0.6) is 0 Å². The summed E-state index contributed by atoms with van der Waals surface area (Å²) >= 11 is 6.98. The lowest BCUT2D eigenvalue weighted by Crippen LogP contribution is -2.17. The van der Waals surface area contributed by atoms with Crippen molar-refractivity contribution in [3.63, 3.8) is 0 Å². The van der Waals surface area contributed by atoms with E-state index in [4.69, 9.17) is 11.6 Å². The lowest BCUT2D eigenvalue weighted by molar-refractivity contribution is 0.261. The van der Waals surface area contributed by atoms with Gasteiger partial charge in [0.2, 0.25) is 0 Å². The first-order valence-corrected chi connectivity index (χ1v) is 5.13. The van der Waals surface area contributed by atoms with Gasteiger partial charge in [-0.05, 0) is 30.8 Å². The number of halogens is 1. The third kappa shape index (κ3) is 3.28. The highest BCUT2D eigenvalue weighted by Gasteiger charge is 2.05. The molecule has 0 atom stereocenters. The second-order valence-electron chi connectivity index (χ2n) is 2.35. The van der Waals surface area contributed by atoms with E-state index in [9.17, 15) is 4.79 Å². The first-order valence-electron chi connectivity index (χ1n) is 3.94. The van der Waals surface area contributed by atoms with Gasteiger partial charge in [0.05, 0.1) is 5.02 Å². The third-order valence-electron chi connectivity index (χ3n) is 1.36. The van der Waals surface area contributed by atoms with Crippen molar-refractivity contribution in [2.24, 2.45) is 0 Å². The molecule has 1 aromatic carbocycles. The Hall–Kier alpha value is -0.670. The molecule has 0 aliphatic heterocycles. The largest absolute Gasteiger partial charge is 0.347 e. The number of nitrogens with one attached hydrogen (secondary N) is 1. The Morgan fingerprint density at radius 2 is 2.23 bits per heavy atom. The predicted molar refractivity (Wildman–Crippen MR) is 56.4 cm³/mol. The zero-order chi connectivity index (χ0) is 9.68. The minimum Gasteiger partial charge on any atom is -0.347 e. The average Bonchev–Trinajstić information content (AvgIpc) is 2.09. The Kier molecular flexibility index (Phi) is 4.12. The van der Waals surface area contributed by atoms with Crippen molar-refractivity contribution in [1.82, 2.24) is 5.32 Å². The molecule has 70 valence electrons. The van der Waals surface area contributed by atoms with Crippen molar-refractivity contribution in [1.29, 1.82) is 0 Å². The number of amides is 1. The lowest BCUT2D eigenvalue weighted by atomic mass is 10.4. The van der Waals surface area contributed by atoms with E-state index in [2.05, 4.69) is 5.32 Å². The summed E-state index contributed by atoms with van der Waals surface area (Å²) in [4.78, 5) is 11.9. The molecular formula is C9H10ClNOS. The summed E-state index contributed by atoms with van der Waals surface area (Å²) in [5.74, 6) is 0. The van der Waals surface area contributed by atoms with Gasteiger partial charge in [0, 0.05) is 11.4 Å². The zero-order valence-corrected chi connectivity index (χ0v) is 8.78. The molecule has 2 nitrogen and oxygen atoms in total. The van der Waals surface area contributed by atoms with Crippen LogP contribution in [0, 0.1) is 0 Å². The molecule has 0 saturated carbocycles. The fourth-order valence-electron chi connectivity index (χ4n) is 0.808. The van der Waals surface area contributed by atoms with Crippen LogP contribution in [-0.4, -0.2) is 11.8 Å². The number of rotatable bonds is 2. The Bertz CT molecular complexity index is 303. The SMILES string of the molecule is CCNC(=O)Sc1ccccc1Cl. The number of carbonyl (C=O) groups is 1. The molecule has 0 fully saturated rings. The highest BCUT2D eigenvalue weighted by atomic mass is 35.5. The number of thioether (sulfide) groups is 1. The van der Waals surface area contributed by atoms with Gasteiger partial charge in [-0.3, -0.25) is 4.79 Å². The molecular weight excluding hydrogens is 206 g/mol. The number of carbonyl (C=O) groups excluding carboxylic acids is 1. The normalized spacial score (nSPS) is 9.69. The highest BCUT2D eigenvalue weighted by molar-refractivity contribution is 8.13. The van der Waals surface area contributed by atoms with Crippen LogP contribution in [0.3, 0.4) is 0 Å².